The molecule has 3 rings (SSSR count). The molecule has 0 fully saturated rings. The number of carbonyl (C=O) groups excluding carboxylic acids is 3. The normalized spacial score (nSPS) is 17.0. The summed E-state index contributed by atoms with van der Waals surface area (Å²) in [5.41, 5.74) is -3.77. The molecule has 184 valence electrons. The van der Waals surface area contributed by atoms with Crippen molar-refractivity contribution in [3.05, 3.63) is 79.4 Å². The molecule has 0 aromatic heterocycles. The first-order chi connectivity index (χ1) is 16.5. The van der Waals surface area contributed by atoms with Crippen LogP contribution in [-0.4, -0.2) is 53.6 Å². The van der Waals surface area contributed by atoms with E-state index in [0.29, 0.717) is 17.2 Å². The molecule has 12 nitrogen and oxygen atoms in total. The maximum atomic E-state index is 16.1. The highest BCUT2D eigenvalue weighted by atomic mass is 19.1. The second-order valence-electron chi connectivity index (χ2n) is 7.81. The molecule has 0 spiro atoms. The summed E-state index contributed by atoms with van der Waals surface area (Å²) in [5, 5.41) is 24.8. The van der Waals surface area contributed by atoms with Crippen molar-refractivity contribution < 1.29 is 38.1 Å². The maximum absolute atomic E-state index is 16.1. The molecule has 2 aromatic rings. The van der Waals surface area contributed by atoms with Crippen molar-refractivity contribution in [2.24, 2.45) is 5.92 Å². The Morgan fingerprint density at radius 3 is 1.89 bits per heavy atom. The van der Waals surface area contributed by atoms with Crippen molar-refractivity contribution >= 4 is 29.2 Å². The van der Waals surface area contributed by atoms with E-state index in [4.69, 9.17) is 0 Å². The summed E-state index contributed by atoms with van der Waals surface area (Å²) in [6.07, 6.45) is -0.167. The van der Waals surface area contributed by atoms with Gasteiger partial charge in [-0.2, -0.15) is 0 Å². The third kappa shape index (κ3) is 4.78. The molecule has 2 atom stereocenters. The van der Waals surface area contributed by atoms with Crippen molar-refractivity contribution in [2.45, 2.75) is 24.6 Å². The highest BCUT2D eigenvalue weighted by Crippen LogP contribution is 2.37. The van der Waals surface area contributed by atoms with E-state index in [9.17, 15) is 34.6 Å². The minimum Gasteiger partial charge on any atom is -0.466 e. The number of alkyl halides is 1. The Kier molecular flexibility index (Phi) is 7.08. The topological polar surface area (TPSA) is 168 Å². The van der Waals surface area contributed by atoms with Gasteiger partial charge in [0.1, 0.15) is 0 Å². The van der Waals surface area contributed by atoms with E-state index in [0.717, 1.165) is 26.4 Å². The Hall–Kier alpha value is -4.42. The summed E-state index contributed by atoms with van der Waals surface area (Å²) in [5.74, 6) is -5.50. The van der Waals surface area contributed by atoms with Gasteiger partial charge in [-0.1, -0.05) is 24.3 Å². The molecular weight excluding hydrogens is 469 g/mol. The Balaban J connectivity index is 2.06. The number of hydrogen-bond acceptors (Lipinski definition) is 9. The van der Waals surface area contributed by atoms with Gasteiger partial charge in [-0.15, -0.1) is 0 Å². The number of methoxy groups -OCH3 is 2. The molecule has 2 aromatic carbocycles. The highest BCUT2D eigenvalue weighted by molar-refractivity contribution is 6.04. The van der Waals surface area contributed by atoms with Gasteiger partial charge in [0.2, 0.25) is 0 Å². The van der Waals surface area contributed by atoms with E-state index in [1.807, 2.05) is 0 Å². The molecule has 1 amide bonds. The summed E-state index contributed by atoms with van der Waals surface area (Å²) < 4.78 is 25.2. The van der Waals surface area contributed by atoms with Crippen LogP contribution in [0.25, 0.3) is 0 Å². The number of benzene rings is 2. The lowest BCUT2D eigenvalue weighted by molar-refractivity contribution is -0.394. The molecule has 0 radical (unpaired) electrons. The van der Waals surface area contributed by atoms with Crippen LogP contribution in [0.5, 0.6) is 0 Å². The molecule has 0 saturated carbocycles. The van der Waals surface area contributed by atoms with Crippen molar-refractivity contribution in [3.63, 3.8) is 0 Å². The maximum Gasteiger partial charge on any atom is 0.355 e. The van der Waals surface area contributed by atoms with E-state index < -0.39 is 62.3 Å². The minimum absolute atomic E-state index is 0.0107. The van der Waals surface area contributed by atoms with Crippen molar-refractivity contribution in [1.29, 1.82) is 0 Å². The van der Waals surface area contributed by atoms with Gasteiger partial charge in [-0.3, -0.25) is 25.0 Å². The van der Waals surface area contributed by atoms with Crippen LogP contribution in [0, 0.1) is 26.1 Å². The molecule has 0 heterocycles. The first-order valence-electron chi connectivity index (χ1n) is 10.2. The zero-order chi connectivity index (χ0) is 25.9. The van der Waals surface area contributed by atoms with Gasteiger partial charge < -0.3 is 14.8 Å². The number of nitrogens with one attached hydrogen (secondary N) is 1. The Labute approximate surface area is 197 Å². The van der Waals surface area contributed by atoms with Gasteiger partial charge in [0.05, 0.1) is 35.7 Å². The standard InChI is InChI=1S/C22H20FN3O9/c1-34-20(28)22(23,21(29)35-2)17-9-12-5-3-4-6-13(12)10-18(17)24-19(27)14-7-15(25(30)31)11-16(8-14)26(32)33/h3-8,11,17-18H,9-10H2,1-2H3,(H,24,27)/t17-,18-/m1/s1. The molecule has 0 aliphatic heterocycles. The SMILES string of the molecule is COC(=O)C(F)(C(=O)OC)[C@@H]1Cc2ccccc2C[C@H]1NC(=O)c1cc([N+](=O)[O-])cc([N+](=O)[O-])c1. The number of nitrogens with zero attached hydrogens (tertiary/aromatic N) is 2. The fourth-order valence-corrected chi connectivity index (χ4v) is 4.16. The van der Waals surface area contributed by atoms with Gasteiger partial charge in [-0.25, -0.2) is 14.0 Å². The second kappa shape index (κ2) is 9.83. The number of nitro benzene ring substituents is 2. The molecule has 13 heteroatoms. The fraction of sp³-hybridized carbons (Fsp3) is 0.318. The fourth-order valence-electron chi connectivity index (χ4n) is 4.16. The second-order valence-corrected chi connectivity index (χ2v) is 7.81. The zero-order valence-electron chi connectivity index (χ0n) is 18.6. The van der Waals surface area contributed by atoms with Crippen LogP contribution in [0.1, 0.15) is 21.5 Å². The third-order valence-electron chi connectivity index (χ3n) is 5.86. The van der Waals surface area contributed by atoms with E-state index in [1.165, 1.54) is 0 Å². The third-order valence-corrected chi connectivity index (χ3v) is 5.86. The van der Waals surface area contributed by atoms with Gasteiger partial charge in [-0.05, 0) is 24.0 Å². The first-order valence-corrected chi connectivity index (χ1v) is 10.2. The summed E-state index contributed by atoms with van der Waals surface area (Å²) in [6, 6.07) is 7.97. The monoisotopic (exact) mass is 489 g/mol. The minimum atomic E-state index is -3.29. The van der Waals surface area contributed by atoms with Gasteiger partial charge in [0, 0.05) is 24.1 Å². The van der Waals surface area contributed by atoms with E-state index in [1.54, 1.807) is 24.3 Å². The van der Waals surface area contributed by atoms with Crippen LogP contribution >= 0.6 is 0 Å². The van der Waals surface area contributed by atoms with E-state index in [-0.39, 0.29) is 12.8 Å². The largest absolute Gasteiger partial charge is 0.466 e. The molecule has 0 bridgehead atoms. The summed E-state index contributed by atoms with van der Waals surface area (Å²) >= 11 is 0. The van der Waals surface area contributed by atoms with E-state index >= 15 is 4.39 Å². The van der Waals surface area contributed by atoms with Crippen molar-refractivity contribution in [1.82, 2.24) is 5.32 Å². The lowest BCUT2D eigenvalue weighted by Gasteiger charge is -2.39. The van der Waals surface area contributed by atoms with Gasteiger partial charge in [0.15, 0.2) is 0 Å². The summed E-state index contributed by atoms with van der Waals surface area (Å²) in [7, 11) is 1.79. The molecule has 1 N–H and O–H groups in total. The van der Waals surface area contributed by atoms with Crippen molar-refractivity contribution in [2.75, 3.05) is 14.2 Å². The first kappa shape index (κ1) is 25.2. The summed E-state index contributed by atoms with van der Waals surface area (Å²) in [6.45, 7) is 0. The predicted molar refractivity (Wildman–Crippen MR) is 116 cm³/mol. The lowest BCUT2D eigenvalue weighted by Crippen LogP contribution is -2.60. The number of esters is 2. The van der Waals surface area contributed by atoms with Gasteiger partial charge >= 0.3 is 17.6 Å². The Morgan fingerprint density at radius 2 is 1.43 bits per heavy atom. The van der Waals surface area contributed by atoms with Crippen LogP contribution < -0.4 is 5.32 Å². The number of carbonyl (C=O) groups is 3. The van der Waals surface area contributed by atoms with Gasteiger partial charge in [0.25, 0.3) is 17.3 Å². The average Bonchev–Trinajstić information content (AvgIpc) is 2.86. The Morgan fingerprint density at radius 1 is 0.943 bits per heavy atom. The van der Waals surface area contributed by atoms with Crippen LogP contribution in [-0.2, 0) is 31.9 Å². The summed E-state index contributed by atoms with van der Waals surface area (Å²) in [4.78, 5) is 58.4. The van der Waals surface area contributed by atoms with Crippen molar-refractivity contribution in [3.8, 4) is 0 Å². The van der Waals surface area contributed by atoms with E-state index in [2.05, 4.69) is 14.8 Å². The smallest absolute Gasteiger partial charge is 0.355 e. The van der Waals surface area contributed by atoms with Crippen LogP contribution in [0.3, 0.4) is 0 Å². The number of amides is 1. The number of rotatable bonds is 7. The number of nitro groups is 2. The number of hydrogen-bond donors (Lipinski definition) is 1. The predicted octanol–water partition coefficient (Wildman–Crippen LogP) is 2.07. The molecule has 1 aliphatic rings. The molecule has 0 saturated heterocycles. The molecular formula is C22H20FN3O9. The number of non-ortho nitro benzene ring substituents is 2. The average molecular weight is 489 g/mol. The highest BCUT2D eigenvalue weighted by Gasteiger charge is 2.59. The number of ether oxygens (including phenoxy) is 2. The molecule has 0 unspecified atom stereocenters. The molecule has 35 heavy (non-hydrogen) atoms. The number of fused-ring (bicyclic) bond motifs is 1. The number of halogens is 1. The zero-order valence-corrected chi connectivity index (χ0v) is 18.6. The quantitative estimate of drug-likeness (QED) is 0.265. The van der Waals surface area contributed by atoms with Crippen LogP contribution in [0.15, 0.2) is 42.5 Å². The van der Waals surface area contributed by atoms with Crippen LogP contribution in [0.2, 0.25) is 0 Å². The lowest BCUT2D eigenvalue weighted by atomic mass is 9.72. The molecule has 1 aliphatic carbocycles. The Bertz CT molecular complexity index is 1170. The van der Waals surface area contributed by atoms with Crippen LogP contribution in [0.4, 0.5) is 15.8 Å².